The molecule has 0 atom stereocenters. The van der Waals surface area contributed by atoms with E-state index in [9.17, 15) is 9.18 Å². The summed E-state index contributed by atoms with van der Waals surface area (Å²) < 4.78 is 13.6. The van der Waals surface area contributed by atoms with E-state index in [2.05, 4.69) is 15.5 Å². The molecule has 1 saturated carbocycles. The van der Waals surface area contributed by atoms with Gasteiger partial charge >= 0.3 is 0 Å². The van der Waals surface area contributed by atoms with Gasteiger partial charge in [0, 0.05) is 11.6 Å². The summed E-state index contributed by atoms with van der Waals surface area (Å²) in [5, 5.41) is 12.5. The molecule has 1 aliphatic rings. The van der Waals surface area contributed by atoms with Crippen LogP contribution in [0.25, 0.3) is 0 Å². The molecule has 0 radical (unpaired) electrons. The van der Waals surface area contributed by atoms with Gasteiger partial charge in [-0.05, 0) is 37.1 Å². The van der Waals surface area contributed by atoms with Crippen molar-refractivity contribution in [3.63, 3.8) is 0 Å². The molecule has 1 aromatic heterocycles. The molecule has 122 valence electrons. The Labute approximate surface area is 142 Å². The van der Waals surface area contributed by atoms with E-state index in [1.807, 2.05) is 0 Å². The predicted octanol–water partition coefficient (Wildman–Crippen LogP) is 4.40. The van der Waals surface area contributed by atoms with Crippen molar-refractivity contribution in [1.82, 2.24) is 10.2 Å². The second-order valence-corrected chi connectivity index (χ2v) is 7.77. The van der Waals surface area contributed by atoms with Gasteiger partial charge in [0.15, 0.2) is 10.1 Å². The summed E-state index contributed by atoms with van der Waals surface area (Å²) in [4.78, 5) is 12.1. The van der Waals surface area contributed by atoms with E-state index in [0.717, 1.165) is 9.47 Å². The number of nitrogens with one attached hydrogen (secondary N) is 1. The Bertz CT molecular complexity index is 654. The largest absolute Gasteiger partial charge is 0.357 e. The summed E-state index contributed by atoms with van der Waals surface area (Å²) in [6.07, 6.45) is 6.23. The zero-order valence-electron chi connectivity index (χ0n) is 12.6. The number of aromatic nitrogens is 2. The SMILES string of the molecule is O=C(CSc1nnc(NC2CCCCC2)s1)c1ccc(F)cc1. The molecule has 1 heterocycles. The summed E-state index contributed by atoms with van der Waals surface area (Å²) >= 11 is 2.86. The highest BCUT2D eigenvalue weighted by atomic mass is 32.2. The summed E-state index contributed by atoms with van der Waals surface area (Å²) in [7, 11) is 0. The van der Waals surface area contributed by atoms with Crippen LogP contribution in [0.2, 0.25) is 0 Å². The molecule has 0 saturated heterocycles. The van der Waals surface area contributed by atoms with Gasteiger partial charge in [-0.1, -0.05) is 42.4 Å². The van der Waals surface area contributed by atoms with E-state index in [4.69, 9.17) is 0 Å². The fourth-order valence-corrected chi connectivity index (χ4v) is 4.32. The third-order valence-corrected chi connectivity index (χ3v) is 5.82. The molecule has 23 heavy (non-hydrogen) atoms. The van der Waals surface area contributed by atoms with E-state index in [1.54, 1.807) is 0 Å². The van der Waals surface area contributed by atoms with Crippen molar-refractivity contribution in [2.45, 2.75) is 42.5 Å². The van der Waals surface area contributed by atoms with Crippen molar-refractivity contribution in [3.8, 4) is 0 Å². The molecular weight excluding hydrogens is 333 g/mol. The first-order valence-electron chi connectivity index (χ1n) is 7.72. The molecule has 1 aromatic carbocycles. The molecule has 3 rings (SSSR count). The third-order valence-electron chi connectivity index (χ3n) is 3.83. The fourth-order valence-electron chi connectivity index (χ4n) is 2.59. The first-order valence-corrected chi connectivity index (χ1v) is 9.52. The number of benzene rings is 1. The zero-order valence-corrected chi connectivity index (χ0v) is 14.3. The Balaban J connectivity index is 1.50. The molecule has 1 aliphatic carbocycles. The van der Waals surface area contributed by atoms with E-state index in [0.29, 0.717) is 11.6 Å². The molecule has 1 fully saturated rings. The molecule has 0 unspecified atom stereocenters. The van der Waals surface area contributed by atoms with E-state index in [-0.39, 0.29) is 17.4 Å². The molecule has 0 bridgehead atoms. The quantitative estimate of drug-likeness (QED) is 0.618. The average molecular weight is 351 g/mol. The fraction of sp³-hybridized carbons (Fsp3) is 0.438. The summed E-state index contributed by atoms with van der Waals surface area (Å²) in [5.74, 6) is -0.0901. The van der Waals surface area contributed by atoms with Gasteiger partial charge in [0.25, 0.3) is 0 Å². The topological polar surface area (TPSA) is 54.9 Å². The first-order chi connectivity index (χ1) is 11.2. The van der Waals surface area contributed by atoms with Gasteiger partial charge in [0.2, 0.25) is 5.13 Å². The minimum Gasteiger partial charge on any atom is -0.357 e. The van der Waals surface area contributed by atoms with Crippen molar-refractivity contribution in [2.24, 2.45) is 0 Å². The smallest absolute Gasteiger partial charge is 0.206 e. The van der Waals surface area contributed by atoms with Gasteiger partial charge < -0.3 is 5.32 Å². The number of hydrogen-bond acceptors (Lipinski definition) is 6. The number of carbonyl (C=O) groups excluding carboxylic acids is 1. The Morgan fingerprint density at radius 3 is 2.70 bits per heavy atom. The second kappa shape index (κ2) is 7.88. The van der Waals surface area contributed by atoms with Crippen LogP contribution in [0, 0.1) is 5.82 Å². The van der Waals surface area contributed by atoms with Crippen LogP contribution >= 0.6 is 23.1 Å². The number of nitrogens with zero attached hydrogens (tertiary/aromatic N) is 2. The normalized spacial score (nSPS) is 15.5. The van der Waals surface area contributed by atoms with Gasteiger partial charge in [0.05, 0.1) is 5.75 Å². The summed E-state index contributed by atoms with van der Waals surface area (Å²) in [5.41, 5.74) is 0.518. The van der Waals surface area contributed by atoms with Gasteiger partial charge in [-0.15, -0.1) is 10.2 Å². The molecular formula is C16H18FN3OS2. The number of rotatable bonds is 6. The Morgan fingerprint density at radius 2 is 1.96 bits per heavy atom. The molecule has 0 spiro atoms. The van der Waals surface area contributed by atoms with Gasteiger partial charge in [-0.3, -0.25) is 4.79 Å². The molecule has 7 heteroatoms. The molecule has 4 nitrogen and oxygen atoms in total. The van der Waals surface area contributed by atoms with Crippen LogP contribution in [0.1, 0.15) is 42.5 Å². The maximum absolute atomic E-state index is 12.9. The summed E-state index contributed by atoms with van der Waals surface area (Å²) in [6.45, 7) is 0. The number of thioether (sulfide) groups is 1. The lowest BCUT2D eigenvalue weighted by Crippen LogP contribution is -2.21. The van der Waals surface area contributed by atoms with Crippen LogP contribution < -0.4 is 5.32 Å². The minimum absolute atomic E-state index is 0.0352. The number of Topliss-reactive ketones (excluding diaryl/α,β-unsaturated/α-hetero) is 1. The molecule has 2 aromatic rings. The lowest BCUT2D eigenvalue weighted by atomic mass is 9.96. The Hall–Kier alpha value is -1.47. The first kappa shape index (κ1) is 16.4. The third kappa shape index (κ3) is 4.75. The van der Waals surface area contributed by atoms with E-state index in [1.165, 1.54) is 79.5 Å². The maximum atomic E-state index is 12.9. The van der Waals surface area contributed by atoms with Crippen LogP contribution in [-0.4, -0.2) is 27.8 Å². The standard InChI is InChI=1S/C16H18FN3OS2/c17-12-8-6-11(7-9-12)14(21)10-22-16-20-19-15(23-16)18-13-4-2-1-3-5-13/h6-9,13H,1-5,10H2,(H,18,19). The molecule has 1 N–H and O–H groups in total. The monoisotopic (exact) mass is 351 g/mol. The second-order valence-electron chi connectivity index (χ2n) is 5.57. The van der Waals surface area contributed by atoms with Crippen molar-refractivity contribution in [3.05, 3.63) is 35.6 Å². The number of halogens is 1. The number of hydrogen-bond donors (Lipinski definition) is 1. The number of anilines is 1. The molecule has 0 aliphatic heterocycles. The number of ketones is 1. The summed E-state index contributed by atoms with van der Waals surface area (Å²) in [6, 6.07) is 6.11. The van der Waals surface area contributed by atoms with Gasteiger partial charge in [0.1, 0.15) is 5.82 Å². The van der Waals surface area contributed by atoms with Crippen molar-refractivity contribution in [2.75, 3.05) is 11.1 Å². The minimum atomic E-state index is -0.336. The molecule has 0 amide bonds. The van der Waals surface area contributed by atoms with Gasteiger partial charge in [-0.25, -0.2) is 4.39 Å². The lowest BCUT2D eigenvalue weighted by molar-refractivity contribution is 0.102. The van der Waals surface area contributed by atoms with E-state index < -0.39 is 0 Å². The zero-order chi connectivity index (χ0) is 16.1. The highest BCUT2D eigenvalue weighted by molar-refractivity contribution is 8.01. The van der Waals surface area contributed by atoms with Crippen molar-refractivity contribution in [1.29, 1.82) is 0 Å². The lowest BCUT2D eigenvalue weighted by Gasteiger charge is -2.21. The van der Waals surface area contributed by atoms with Gasteiger partial charge in [-0.2, -0.15) is 0 Å². The van der Waals surface area contributed by atoms with Crippen LogP contribution in [-0.2, 0) is 0 Å². The Morgan fingerprint density at radius 1 is 1.22 bits per heavy atom. The van der Waals surface area contributed by atoms with Crippen LogP contribution in [0.3, 0.4) is 0 Å². The maximum Gasteiger partial charge on any atom is 0.206 e. The highest BCUT2D eigenvalue weighted by Crippen LogP contribution is 2.28. The highest BCUT2D eigenvalue weighted by Gasteiger charge is 2.16. The Kier molecular flexibility index (Phi) is 5.61. The van der Waals surface area contributed by atoms with Crippen molar-refractivity contribution >= 4 is 34.0 Å². The van der Waals surface area contributed by atoms with Crippen LogP contribution in [0.4, 0.5) is 9.52 Å². The van der Waals surface area contributed by atoms with Crippen molar-refractivity contribution < 1.29 is 9.18 Å². The van der Waals surface area contributed by atoms with Crippen LogP contribution in [0.15, 0.2) is 28.6 Å². The van der Waals surface area contributed by atoms with E-state index >= 15 is 0 Å². The number of carbonyl (C=O) groups is 1. The van der Waals surface area contributed by atoms with Crippen LogP contribution in [0.5, 0.6) is 0 Å². The average Bonchev–Trinajstić information content (AvgIpc) is 3.02. The predicted molar refractivity (Wildman–Crippen MR) is 91.9 cm³/mol.